The molecule has 0 saturated carbocycles. The maximum absolute atomic E-state index is 12.7. The summed E-state index contributed by atoms with van der Waals surface area (Å²) in [6.07, 6.45) is 0.549. The van der Waals surface area contributed by atoms with E-state index >= 15 is 0 Å². The third kappa shape index (κ3) is 6.02. The first-order chi connectivity index (χ1) is 15.4. The Balaban J connectivity index is 1.63. The molecule has 0 atom stereocenters. The Bertz CT molecular complexity index is 1000. The van der Waals surface area contributed by atoms with Crippen LogP contribution in [-0.4, -0.2) is 78.6 Å². The molecule has 1 aliphatic heterocycles. The Kier molecular flexibility index (Phi) is 7.73. The molecular formula is C20H24N6O5S. The van der Waals surface area contributed by atoms with Gasteiger partial charge in [-0.25, -0.2) is 14.6 Å². The first-order valence-corrected chi connectivity index (χ1v) is 10.8. The number of carbonyl (C=O) groups excluding carboxylic acids is 4. The number of piperazine rings is 1. The highest BCUT2D eigenvalue weighted by Gasteiger charge is 2.21. The molecule has 0 spiro atoms. The second kappa shape index (κ2) is 10.7. The molecule has 0 unspecified atom stereocenters. The maximum Gasteiger partial charge on any atom is 0.414 e. The molecule has 0 aliphatic carbocycles. The fraction of sp³-hybridized carbons (Fsp3) is 0.350. The van der Waals surface area contributed by atoms with Gasteiger partial charge in [-0.3, -0.25) is 20.2 Å². The molecular weight excluding hydrogens is 436 g/mol. The molecule has 1 saturated heterocycles. The third-order valence-corrected chi connectivity index (χ3v) is 5.51. The van der Waals surface area contributed by atoms with E-state index in [0.29, 0.717) is 13.1 Å². The van der Waals surface area contributed by atoms with E-state index in [-0.39, 0.29) is 34.6 Å². The van der Waals surface area contributed by atoms with E-state index in [1.807, 2.05) is 7.05 Å². The molecule has 0 aromatic carbocycles. The van der Waals surface area contributed by atoms with Gasteiger partial charge < -0.3 is 19.9 Å². The molecule has 12 heteroatoms. The van der Waals surface area contributed by atoms with E-state index in [1.54, 1.807) is 17.2 Å². The van der Waals surface area contributed by atoms with Gasteiger partial charge in [-0.2, -0.15) is 0 Å². The second-order valence-corrected chi connectivity index (χ2v) is 7.86. The summed E-state index contributed by atoms with van der Waals surface area (Å²) in [5.41, 5.74) is 0.382. The van der Waals surface area contributed by atoms with Crippen LogP contribution in [-0.2, 0) is 4.74 Å². The summed E-state index contributed by atoms with van der Waals surface area (Å²) in [4.78, 5) is 56.8. The number of imide groups is 1. The number of ether oxygens (including phenoxy) is 1. The van der Waals surface area contributed by atoms with Crippen LogP contribution in [0.3, 0.4) is 0 Å². The molecule has 2 aromatic heterocycles. The summed E-state index contributed by atoms with van der Waals surface area (Å²) in [5.74, 6) is -0.932. The number of hydrogen-bond donors (Lipinski definition) is 3. The maximum atomic E-state index is 12.7. The average Bonchev–Trinajstić information content (AvgIpc) is 3.22. The van der Waals surface area contributed by atoms with Crippen LogP contribution in [0.25, 0.3) is 0 Å². The molecule has 170 valence electrons. The number of rotatable bonds is 5. The van der Waals surface area contributed by atoms with Crippen molar-refractivity contribution in [1.82, 2.24) is 20.1 Å². The number of carbonyl (C=O) groups is 4. The number of urea groups is 1. The largest absolute Gasteiger partial charge is 0.450 e. The summed E-state index contributed by atoms with van der Waals surface area (Å²) in [5, 5.41) is 9.34. The first-order valence-electron chi connectivity index (χ1n) is 9.95. The second-order valence-electron chi connectivity index (χ2n) is 6.94. The lowest BCUT2D eigenvalue weighted by molar-refractivity contribution is 0.0926. The van der Waals surface area contributed by atoms with Gasteiger partial charge in [0.15, 0.2) is 0 Å². The van der Waals surface area contributed by atoms with Crippen molar-refractivity contribution in [3.8, 4) is 0 Å². The number of thiophene rings is 1. The number of nitrogens with one attached hydrogen (secondary N) is 3. The smallest absolute Gasteiger partial charge is 0.414 e. The summed E-state index contributed by atoms with van der Waals surface area (Å²) >= 11 is 1.13. The van der Waals surface area contributed by atoms with Crippen LogP contribution < -0.4 is 16.0 Å². The van der Waals surface area contributed by atoms with Gasteiger partial charge >= 0.3 is 12.1 Å². The SMILES string of the molecule is CCOC(=O)NC(=O)c1ccsc1NC(=O)c1ccnc(NC(=O)N2CCN(C)CC2)c1. The van der Waals surface area contributed by atoms with Gasteiger partial charge in [-0.05, 0) is 37.6 Å². The van der Waals surface area contributed by atoms with Crippen LogP contribution in [0.2, 0.25) is 0 Å². The van der Waals surface area contributed by atoms with Gasteiger partial charge in [-0.15, -0.1) is 11.3 Å². The lowest BCUT2D eigenvalue weighted by atomic mass is 10.2. The number of amides is 5. The van der Waals surface area contributed by atoms with E-state index < -0.39 is 17.9 Å². The van der Waals surface area contributed by atoms with Gasteiger partial charge in [0.25, 0.3) is 11.8 Å². The Morgan fingerprint density at radius 1 is 1.09 bits per heavy atom. The van der Waals surface area contributed by atoms with Crippen molar-refractivity contribution < 1.29 is 23.9 Å². The standard InChI is InChI=1S/C20H24N6O5S/c1-3-31-20(30)24-17(28)14-5-11-32-18(14)23-16(27)13-4-6-21-15(12-13)22-19(29)26-9-7-25(2)8-10-26/h4-6,11-12H,3,7-10H2,1-2H3,(H,23,27)(H,21,22,29)(H,24,28,30). The van der Waals surface area contributed by atoms with Crippen molar-refractivity contribution in [2.75, 3.05) is 50.5 Å². The number of hydrogen-bond acceptors (Lipinski definition) is 8. The average molecular weight is 461 g/mol. The fourth-order valence-corrected chi connectivity index (χ4v) is 3.71. The highest BCUT2D eigenvalue weighted by atomic mass is 32.1. The summed E-state index contributed by atoms with van der Waals surface area (Å²) in [6.45, 7) is 4.54. The zero-order valence-corrected chi connectivity index (χ0v) is 18.5. The Hall–Kier alpha value is -3.51. The van der Waals surface area contributed by atoms with Crippen LogP contribution in [0, 0.1) is 0 Å². The van der Waals surface area contributed by atoms with Crippen molar-refractivity contribution in [2.45, 2.75) is 6.92 Å². The number of pyridine rings is 1. The zero-order chi connectivity index (χ0) is 23.1. The minimum Gasteiger partial charge on any atom is -0.450 e. The Morgan fingerprint density at radius 2 is 1.84 bits per heavy atom. The van der Waals surface area contributed by atoms with Gasteiger partial charge in [0, 0.05) is 37.9 Å². The van der Waals surface area contributed by atoms with Crippen molar-refractivity contribution in [3.05, 3.63) is 40.9 Å². The van der Waals surface area contributed by atoms with Crippen molar-refractivity contribution in [1.29, 1.82) is 0 Å². The zero-order valence-electron chi connectivity index (χ0n) is 17.7. The van der Waals surface area contributed by atoms with Gasteiger partial charge in [0.1, 0.15) is 10.8 Å². The van der Waals surface area contributed by atoms with E-state index in [4.69, 9.17) is 4.74 Å². The molecule has 32 heavy (non-hydrogen) atoms. The van der Waals surface area contributed by atoms with E-state index in [2.05, 4.69) is 25.8 Å². The normalized spacial score (nSPS) is 13.9. The molecule has 1 fully saturated rings. The molecule has 0 radical (unpaired) electrons. The summed E-state index contributed by atoms with van der Waals surface area (Å²) < 4.78 is 4.69. The molecule has 5 amide bonds. The molecule has 2 aromatic rings. The molecule has 3 N–H and O–H groups in total. The lowest BCUT2D eigenvalue weighted by Crippen LogP contribution is -2.48. The number of likely N-dealkylation sites (N-methyl/N-ethyl adjacent to an activating group) is 1. The Labute approximate surface area is 188 Å². The molecule has 3 rings (SSSR count). The summed E-state index contributed by atoms with van der Waals surface area (Å²) in [6, 6.07) is 4.16. The van der Waals surface area contributed by atoms with E-state index in [0.717, 1.165) is 24.4 Å². The minimum absolute atomic E-state index is 0.127. The van der Waals surface area contributed by atoms with Crippen molar-refractivity contribution in [3.63, 3.8) is 0 Å². The topological polar surface area (TPSA) is 133 Å². The molecule has 11 nitrogen and oxygen atoms in total. The summed E-state index contributed by atoms with van der Waals surface area (Å²) in [7, 11) is 2.00. The predicted molar refractivity (Wildman–Crippen MR) is 119 cm³/mol. The van der Waals surface area contributed by atoms with Crippen LogP contribution in [0.5, 0.6) is 0 Å². The van der Waals surface area contributed by atoms with E-state index in [1.165, 1.54) is 24.4 Å². The molecule has 1 aliphatic rings. The van der Waals surface area contributed by atoms with Crippen molar-refractivity contribution in [2.24, 2.45) is 0 Å². The molecule has 3 heterocycles. The van der Waals surface area contributed by atoms with Crippen LogP contribution in [0.1, 0.15) is 27.6 Å². The van der Waals surface area contributed by atoms with Crippen LogP contribution in [0.4, 0.5) is 20.4 Å². The predicted octanol–water partition coefficient (Wildman–Crippen LogP) is 2.06. The number of nitrogens with zero attached hydrogens (tertiary/aromatic N) is 3. The van der Waals surface area contributed by atoms with E-state index in [9.17, 15) is 19.2 Å². The van der Waals surface area contributed by atoms with Crippen LogP contribution >= 0.6 is 11.3 Å². The number of alkyl carbamates (subject to hydrolysis) is 1. The van der Waals surface area contributed by atoms with Crippen LogP contribution in [0.15, 0.2) is 29.8 Å². The quantitative estimate of drug-likeness (QED) is 0.622. The first kappa shape index (κ1) is 23.2. The highest BCUT2D eigenvalue weighted by Crippen LogP contribution is 2.24. The third-order valence-electron chi connectivity index (χ3n) is 4.68. The lowest BCUT2D eigenvalue weighted by Gasteiger charge is -2.32. The monoisotopic (exact) mass is 460 g/mol. The fourth-order valence-electron chi connectivity index (χ4n) is 2.93. The van der Waals surface area contributed by atoms with Gasteiger partial charge in [0.2, 0.25) is 0 Å². The Morgan fingerprint density at radius 3 is 2.56 bits per heavy atom. The molecule has 0 bridgehead atoms. The number of anilines is 2. The highest BCUT2D eigenvalue weighted by molar-refractivity contribution is 7.14. The van der Waals surface area contributed by atoms with Crippen molar-refractivity contribution >= 4 is 46.1 Å². The number of aromatic nitrogens is 1. The van der Waals surface area contributed by atoms with Gasteiger partial charge in [-0.1, -0.05) is 0 Å². The van der Waals surface area contributed by atoms with Gasteiger partial charge in [0.05, 0.1) is 12.2 Å². The minimum atomic E-state index is -0.865.